The highest BCUT2D eigenvalue weighted by molar-refractivity contribution is 5.59. The summed E-state index contributed by atoms with van der Waals surface area (Å²) < 4.78 is 28.5. The Balaban J connectivity index is 2.22. The normalized spacial score (nSPS) is 10.8. The minimum absolute atomic E-state index is 0.166. The van der Waals surface area contributed by atoms with Crippen LogP contribution in [0.2, 0.25) is 0 Å². The molecule has 1 heterocycles. The third-order valence-corrected chi connectivity index (χ3v) is 3.05. The molecule has 0 aliphatic carbocycles. The van der Waals surface area contributed by atoms with Crippen LogP contribution in [0.3, 0.4) is 0 Å². The van der Waals surface area contributed by atoms with Gasteiger partial charge in [-0.3, -0.25) is 4.57 Å². The van der Waals surface area contributed by atoms with Gasteiger partial charge in [-0.05, 0) is 24.3 Å². The van der Waals surface area contributed by atoms with Gasteiger partial charge in [0.15, 0.2) is 11.6 Å². The van der Waals surface area contributed by atoms with Crippen molar-refractivity contribution in [2.45, 2.75) is 6.54 Å². The molecule has 3 aromatic rings. The molecule has 0 spiro atoms. The molecule has 106 valence electrons. The van der Waals surface area contributed by atoms with E-state index in [1.165, 1.54) is 12.1 Å². The van der Waals surface area contributed by atoms with E-state index in [1.807, 2.05) is 30.3 Å². The minimum atomic E-state index is -0.665. The Morgan fingerprint density at radius 2 is 1.62 bits per heavy atom. The summed E-state index contributed by atoms with van der Waals surface area (Å²) >= 11 is 0. The molecule has 2 aromatic carbocycles. The maximum atomic E-state index is 13.4. The molecule has 0 amide bonds. The molecular weight excluding hydrogens is 274 g/mol. The fourth-order valence-electron chi connectivity index (χ4n) is 2.17. The summed E-state index contributed by atoms with van der Waals surface area (Å²) in [6, 6.07) is 12.5. The lowest BCUT2D eigenvalue weighted by atomic mass is 10.2. The summed E-state index contributed by atoms with van der Waals surface area (Å²) in [4.78, 5) is 0. The van der Waals surface area contributed by atoms with Gasteiger partial charge in [0.2, 0.25) is 0 Å². The van der Waals surface area contributed by atoms with Gasteiger partial charge in [-0.2, -0.15) is 0 Å². The van der Waals surface area contributed by atoms with Crippen LogP contribution in [0.1, 0.15) is 5.82 Å². The minimum Gasteiger partial charge on any atom is -0.324 e. The fraction of sp³-hybridized carbons (Fsp3) is 0.0667. The van der Waals surface area contributed by atoms with Crippen LogP contribution in [0.25, 0.3) is 17.1 Å². The van der Waals surface area contributed by atoms with E-state index < -0.39 is 11.6 Å². The number of aromatic nitrogens is 3. The number of para-hydroxylation sites is 1. The summed E-state index contributed by atoms with van der Waals surface area (Å²) in [6.07, 6.45) is 0. The first-order chi connectivity index (χ1) is 10.2. The van der Waals surface area contributed by atoms with Crippen LogP contribution in [0.4, 0.5) is 8.78 Å². The van der Waals surface area contributed by atoms with Crippen LogP contribution in [0.15, 0.2) is 48.5 Å². The van der Waals surface area contributed by atoms with Crippen molar-refractivity contribution in [3.63, 3.8) is 0 Å². The molecule has 0 aliphatic heterocycles. The Bertz CT molecular complexity index is 748. The summed E-state index contributed by atoms with van der Waals surface area (Å²) in [5.74, 6) is -0.468. The monoisotopic (exact) mass is 286 g/mol. The van der Waals surface area contributed by atoms with E-state index in [9.17, 15) is 8.78 Å². The second-order valence-corrected chi connectivity index (χ2v) is 4.47. The maximum absolute atomic E-state index is 13.4. The topological polar surface area (TPSA) is 56.7 Å². The second-order valence-electron chi connectivity index (χ2n) is 4.47. The number of rotatable bonds is 3. The molecule has 4 nitrogen and oxygen atoms in total. The van der Waals surface area contributed by atoms with Gasteiger partial charge in [0.05, 0.1) is 6.54 Å². The summed E-state index contributed by atoms with van der Waals surface area (Å²) in [5.41, 5.74) is 6.76. The van der Waals surface area contributed by atoms with E-state index in [0.717, 1.165) is 11.8 Å². The Hall–Kier alpha value is -2.60. The number of nitrogens with zero attached hydrogens (tertiary/aromatic N) is 3. The van der Waals surface area contributed by atoms with Crippen molar-refractivity contribution in [2.75, 3.05) is 0 Å². The zero-order chi connectivity index (χ0) is 14.8. The quantitative estimate of drug-likeness (QED) is 0.805. The predicted octanol–water partition coefficient (Wildman–Crippen LogP) is 2.67. The number of nitrogens with two attached hydrogens (primary N) is 1. The first kappa shape index (κ1) is 13.4. The van der Waals surface area contributed by atoms with Crippen LogP contribution in [-0.2, 0) is 6.54 Å². The molecule has 21 heavy (non-hydrogen) atoms. The third kappa shape index (κ3) is 2.53. The number of benzene rings is 2. The van der Waals surface area contributed by atoms with Crippen molar-refractivity contribution in [3.05, 3.63) is 66.0 Å². The van der Waals surface area contributed by atoms with Crippen LogP contribution in [-0.4, -0.2) is 14.8 Å². The summed E-state index contributed by atoms with van der Waals surface area (Å²) in [7, 11) is 0. The van der Waals surface area contributed by atoms with Crippen LogP contribution < -0.4 is 5.73 Å². The molecule has 2 N–H and O–H groups in total. The van der Waals surface area contributed by atoms with Crippen molar-refractivity contribution in [1.82, 2.24) is 14.8 Å². The second kappa shape index (κ2) is 5.41. The van der Waals surface area contributed by atoms with Gasteiger partial charge in [-0.15, -0.1) is 10.2 Å². The molecular formula is C15H12F2N4. The summed E-state index contributed by atoms with van der Waals surface area (Å²) in [6.45, 7) is 0.166. The van der Waals surface area contributed by atoms with Gasteiger partial charge in [0.1, 0.15) is 11.6 Å². The molecule has 6 heteroatoms. The first-order valence-electron chi connectivity index (χ1n) is 6.35. The Morgan fingerprint density at radius 1 is 0.952 bits per heavy atom. The van der Waals surface area contributed by atoms with Crippen LogP contribution in [0, 0.1) is 11.6 Å². The van der Waals surface area contributed by atoms with Gasteiger partial charge in [-0.1, -0.05) is 18.2 Å². The molecule has 0 aliphatic rings. The Labute approximate surface area is 119 Å². The molecule has 0 fully saturated rings. The predicted molar refractivity (Wildman–Crippen MR) is 74.6 cm³/mol. The molecule has 0 radical (unpaired) electrons. The summed E-state index contributed by atoms with van der Waals surface area (Å²) in [5, 5.41) is 8.01. The highest BCUT2D eigenvalue weighted by atomic mass is 19.1. The number of hydrogen-bond donors (Lipinski definition) is 1. The van der Waals surface area contributed by atoms with Crippen molar-refractivity contribution in [1.29, 1.82) is 0 Å². The van der Waals surface area contributed by atoms with Gasteiger partial charge >= 0.3 is 0 Å². The third-order valence-electron chi connectivity index (χ3n) is 3.05. The molecule has 0 atom stereocenters. The van der Waals surface area contributed by atoms with E-state index in [-0.39, 0.29) is 6.54 Å². The zero-order valence-corrected chi connectivity index (χ0v) is 11.0. The standard InChI is InChI=1S/C15H12F2N4/c16-11-6-10(7-12(17)8-11)15-20-19-14(9-18)21(15)13-4-2-1-3-5-13/h1-8H,9,18H2. The van der Waals surface area contributed by atoms with Crippen LogP contribution >= 0.6 is 0 Å². The fourth-order valence-corrected chi connectivity index (χ4v) is 2.17. The van der Waals surface area contributed by atoms with E-state index in [4.69, 9.17) is 5.73 Å². The molecule has 0 unspecified atom stereocenters. The number of halogens is 2. The van der Waals surface area contributed by atoms with Gasteiger partial charge in [-0.25, -0.2) is 8.78 Å². The highest BCUT2D eigenvalue weighted by Gasteiger charge is 2.15. The lowest BCUT2D eigenvalue weighted by molar-refractivity contribution is 0.584. The Morgan fingerprint density at radius 3 is 2.24 bits per heavy atom. The van der Waals surface area contributed by atoms with Crippen molar-refractivity contribution >= 4 is 0 Å². The molecule has 0 bridgehead atoms. The number of hydrogen-bond acceptors (Lipinski definition) is 3. The maximum Gasteiger partial charge on any atom is 0.168 e. The van der Waals surface area contributed by atoms with Crippen molar-refractivity contribution in [3.8, 4) is 17.1 Å². The lowest BCUT2D eigenvalue weighted by Gasteiger charge is -2.09. The SMILES string of the molecule is NCc1nnc(-c2cc(F)cc(F)c2)n1-c1ccccc1. The van der Waals surface area contributed by atoms with E-state index >= 15 is 0 Å². The van der Waals surface area contributed by atoms with Gasteiger partial charge in [0.25, 0.3) is 0 Å². The Kier molecular flexibility index (Phi) is 3.45. The van der Waals surface area contributed by atoms with Crippen molar-refractivity contribution < 1.29 is 8.78 Å². The van der Waals surface area contributed by atoms with Crippen molar-refractivity contribution in [2.24, 2.45) is 5.73 Å². The van der Waals surface area contributed by atoms with Crippen LogP contribution in [0.5, 0.6) is 0 Å². The average molecular weight is 286 g/mol. The van der Waals surface area contributed by atoms with Gasteiger partial charge in [0, 0.05) is 17.3 Å². The largest absolute Gasteiger partial charge is 0.324 e. The van der Waals surface area contributed by atoms with E-state index in [0.29, 0.717) is 17.2 Å². The highest BCUT2D eigenvalue weighted by Crippen LogP contribution is 2.24. The zero-order valence-electron chi connectivity index (χ0n) is 11.0. The van der Waals surface area contributed by atoms with E-state index in [1.54, 1.807) is 4.57 Å². The molecule has 3 rings (SSSR count). The molecule has 0 saturated heterocycles. The molecule has 0 saturated carbocycles. The van der Waals surface area contributed by atoms with E-state index in [2.05, 4.69) is 10.2 Å². The molecule has 1 aromatic heterocycles. The lowest BCUT2D eigenvalue weighted by Crippen LogP contribution is -2.08. The van der Waals surface area contributed by atoms with Gasteiger partial charge < -0.3 is 5.73 Å². The smallest absolute Gasteiger partial charge is 0.168 e. The first-order valence-corrected chi connectivity index (χ1v) is 6.35. The average Bonchev–Trinajstić information content (AvgIpc) is 2.91.